The predicted octanol–water partition coefficient (Wildman–Crippen LogP) is -0.447. The lowest BCUT2D eigenvalue weighted by Crippen LogP contribution is -2.43. The molecule has 1 saturated heterocycles. The fourth-order valence-electron chi connectivity index (χ4n) is 1.09. The second kappa shape index (κ2) is 2.65. The van der Waals surface area contributed by atoms with E-state index in [-0.39, 0.29) is 11.8 Å². The minimum atomic E-state index is -0.658. The van der Waals surface area contributed by atoms with Gasteiger partial charge in [0.05, 0.1) is 18.6 Å². The minimum absolute atomic E-state index is 0.258. The summed E-state index contributed by atoms with van der Waals surface area (Å²) in [7, 11) is 0. The molecule has 0 aromatic rings. The lowest BCUT2D eigenvalue weighted by molar-refractivity contribution is -0.122. The maximum atomic E-state index is 11.2. The van der Waals surface area contributed by atoms with E-state index in [2.05, 4.69) is 5.92 Å². The highest BCUT2D eigenvalue weighted by molar-refractivity contribution is 6.00. The van der Waals surface area contributed by atoms with E-state index in [0.29, 0.717) is 13.2 Å². The Hall–Kier alpha value is -0.850. The molecule has 1 rings (SSSR count). The van der Waals surface area contributed by atoms with E-state index in [1.165, 1.54) is 0 Å². The molecule has 1 heterocycles. The van der Waals surface area contributed by atoms with Gasteiger partial charge in [-0.1, -0.05) is 0 Å². The fourth-order valence-corrected chi connectivity index (χ4v) is 1.09. The van der Waals surface area contributed by atoms with Crippen molar-refractivity contribution in [2.45, 2.75) is 13.0 Å². The van der Waals surface area contributed by atoms with Gasteiger partial charge in [-0.05, 0) is 12.8 Å². The average Bonchev–Trinajstić information content (AvgIpc) is 2.32. The molecule has 2 unspecified atom stereocenters. The van der Waals surface area contributed by atoms with Crippen LogP contribution in [0.5, 0.6) is 0 Å². The van der Waals surface area contributed by atoms with Crippen LogP contribution in [0.1, 0.15) is 6.92 Å². The second-order valence-electron chi connectivity index (χ2n) is 3.01. The first kappa shape index (κ1) is 8.25. The predicted molar refractivity (Wildman–Crippen MR) is 40.7 cm³/mol. The molecular weight excluding hydrogens is 142 g/mol. The molecule has 0 bridgehead atoms. The van der Waals surface area contributed by atoms with Gasteiger partial charge in [0.1, 0.15) is 0 Å². The van der Waals surface area contributed by atoms with Gasteiger partial charge in [0.15, 0.2) is 0 Å². The Labute approximate surface area is 65.9 Å². The zero-order valence-electron chi connectivity index (χ0n) is 6.46. The molecule has 1 aliphatic heterocycles. The van der Waals surface area contributed by atoms with Crippen molar-refractivity contribution >= 4 is 5.78 Å². The van der Waals surface area contributed by atoms with Gasteiger partial charge in [0.2, 0.25) is 5.78 Å². The standard InChI is InChI=1S/C8H11NO2/c1-3-7(10)8(2)5-11-4-6(8)9/h1,6H,4-5,9H2,2H3. The van der Waals surface area contributed by atoms with Crippen molar-refractivity contribution < 1.29 is 9.53 Å². The van der Waals surface area contributed by atoms with Crippen LogP contribution in [0.4, 0.5) is 0 Å². The van der Waals surface area contributed by atoms with E-state index >= 15 is 0 Å². The van der Waals surface area contributed by atoms with Crippen molar-refractivity contribution in [2.24, 2.45) is 11.1 Å². The highest BCUT2D eigenvalue weighted by Gasteiger charge is 2.43. The Bertz CT molecular complexity index is 219. The second-order valence-corrected chi connectivity index (χ2v) is 3.01. The summed E-state index contributed by atoms with van der Waals surface area (Å²) in [6, 6.07) is -0.258. The molecule has 0 aliphatic carbocycles. The highest BCUT2D eigenvalue weighted by Crippen LogP contribution is 2.27. The summed E-state index contributed by atoms with van der Waals surface area (Å²) in [5, 5.41) is 0. The number of ether oxygens (including phenoxy) is 1. The number of hydrogen-bond acceptors (Lipinski definition) is 3. The molecule has 3 nitrogen and oxygen atoms in total. The van der Waals surface area contributed by atoms with Gasteiger partial charge in [0, 0.05) is 6.04 Å². The van der Waals surface area contributed by atoms with Crippen molar-refractivity contribution in [3.8, 4) is 12.3 Å². The van der Waals surface area contributed by atoms with E-state index in [0.717, 1.165) is 0 Å². The molecular formula is C8H11NO2. The van der Waals surface area contributed by atoms with Gasteiger partial charge < -0.3 is 10.5 Å². The quantitative estimate of drug-likeness (QED) is 0.410. The molecule has 2 N–H and O–H groups in total. The van der Waals surface area contributed by atoms with Crippen LogP contribution >= 0.6 is 0 Å². The smallest absolute Gasteiger partial charge is 0.215 e. The van der Waals surface area contributed by atoms with Crippen molar-refractivity contribution in [3.05, 3.63) is 0 Å². The summed E-state index contributed by atoms with van der Waals surface area (Å²) >= 11 is 0. The maximum absolute atomic E-state index is 11.2. The Morgan fingerprint density at radius 3 is 2.91 bits per heavy atom. The maximum Gasteiger partial charge on any atom is 0.215 e. The van der Waals surface area contributed by atoms with Crippen molar-refractivity contribution in [1.82, 2.24) is 0 Å². The fraction of sp³-hybridized carbons (Fsp3) is 0.625. The monoisotopic (exact) mass is 153 g/mol. The SMILES string of the molecule is C#CC(=O)C1(C)COCC1N. The molecule has 1 fully saturated rings. The number of terminal acetylenes is 1. The summed E-state index contributed by atoms with van der Waals surface area (Å²) in [5.74, 6) is 1.82. The van der Waals surface area contributed by atoms with E-state index in [1.807, 2.05) is 0 Å². The Morgan fingerprint density at radius 1 is 1.91 bits per heavy atom. The first-order valence-corrected chi connectivity index (χ1v) is 3.45. The van der Waals surface area contributed by atoms with Gasteiger partial charge in [-0.15, -0.1) is 6.42 Å². The summed E-state index contributed by atoms with van der Waals surface area (Å²) in [6.45, 7) is 2.51. The first-order chi connectivity index (χ1) is 5.11. The number of rotatable bonds is 1. The third-order valence-electron chi connectivity index (χ3n) is 2.17. The van der Waals surface area contributed by atoms with E-state index in [1.54, 1.807) is 6.92 Å². The van der Waals surface area contributed by atoms with Gasteiger partial charge in [0.25, 0.3) is 0 Å². The molecule has 3 heteroatoms. The van der Waals surface area contributed by atoms with Gasteiger partial charge >= 0.3 is 0 Å². The third-order valence-corrected chi connectivity index (χ3v) is 2.17. The van der Waals surface area contributed by atoms with E-state index in [9.17, 15) is 4.79 Å². The molecule has 0 spiro atoms. The van der Waals surface area contributed by atoms with Crippen molar-refractivity contribution in [3.63, 3.8) is 0 Å². The molecule has 0 aromatic carbocycles. The van der Waals surface area contributed by atoms with Gasteiger partial charge in [-0.3, -0.25) is 4.79 Å². The number of Topliss-reactive ketones (excluding diaryl/α,β-unsaturated/α-hetero) is 1. The third kappa shape index (κ3) is 1.15. The van der Waals surface area contributed by atoms with Crippen molar-refractivity contribution in [2.75, 3.05) is 13.2 Å². The number of ketones is 1. The normalized spacial score (nSPS) is 36.6. The summed E-state index contributed by atoms with van der Waals surface area (Å²) in [4.78, 5) is 11.2. The number of hydrogen-bond donors (Lipinski definition) is 1. The van der Waals surface area contributed by atoms with Crippen LogP contribution in [-0.2, 0) is 9.53 Å². The van der Waals surface area contributed by atoms with Crippen molar-refractivity contribution in [1.29, 1.82) is 0 Å². The zero-order valence-corrected chi connectivity index (χ0v) is 6.46. The molecule has 11 heavy (non-hydrogen) atoms. The number of carbonyl (C=O) groups is 1. The molecule has 0 amide bonds. The topological polar surface area (TPSA) is 52.3 Å². The molecule has 0 aromatic heterocycles. The van der Waals surface area contributed by atoms with E-state index < -0.39 is 5.41 Å². The Kier molecular flexibility index (Phi) is 1.99. The molecule has 2 atom stereocenters. The summed E-state index contributed by atoms with van der Waals surface area (Å²) < 4.78 is 5.05. The van der Waals surface area contributed by atoms with Crippen LogP contribution < -0.4 is 5.73 Å². The van der Waals surface area contributed by atoms with Gasteiger partial charge in [-0.25, -0.2) is 0 Å². The Balaban J connectivity index is 2.82. The molecule has 0 radical (unpaired) electrons. The first-order valence-electron chi connectivity index (χ1n) is 3.45. The highest BCUT2D eigenvalue weighted by atomic mass is 16.5. The minimum Gasteiger partial charge on any atom is -0.379 e. The van der Waals surface area contributed by atoms with Crippen LogP contribution in [0, 0.1) is 17.8 Å². The largest absolute Gasteiger partial charge is 0.379 e. The number of carbonyl (C=O) groups excluding carboxylic acids is 1. The number of nitrogens with two attached hydrogens (primary N) is 1. The summed E-state index contributed by atoms with van der Waals surface area (Å²) in [5.41, 5.74) is 4.99. The van der Waals surface area contributed by atoms with Gasteiger partial charge in [-0.2, -0.15) is 0 Å². The van der Waals surface area contributed by atoms with E-state index in [4.69, 9.17) is 16.9 Å². The summed E-state index contributed by atoms with van der Waals surface area (Å²) in [6.07, 6.45) is 4.99. The van der Waals surface area contributed by atoms with Crippen LogP contribution in [-0.4, -0.2) is 25.0 Å². The van der Waals surface area contributed by atoms with Crippen LogP contribution in [0.2, 0.25) is 0 Å². The molecule has 60 valence electrons. The lowest BCUT2D eigenvalue weighted by atomic mass is 9.82. The molecule has 0 saturated carbocycles. The van der Waals surface area contributed by atoms with Crippen LogP contribution in [0.25, 0.3) is 0 Å². The van der Waals surface area contributed by atoms with Crippen LogP contribution in [0.3, 0.4) is 0 Å². The average molecular weight is 153 g/mol. The zero-order chi connectivity index (χ0) is 8.48. The molecule has 1 aliphatic rings. The Morgan fingerprint density at radius 2 is 2.55 bits per heavy atom. The van der Waals surface area contributed by atoms with Crippen LogP contribution in [0.15, 0.2) is 0 Å². The lowest BCUT2D eigenvalue weighted by Gasteiger charge is -2.21.